The first-order valence-electron chi connectivity index (χ1n) is 10.0. The summed E-state index contributed by atoms with van der Waals surface area (Å²) in [5.41, 5.74) is 6.63. The molecule has 2 aromatic rings. The van der Waals surface area contributed by atoms with E-state index in [9.17, 15) is 13.6 Å². The number of carbonyl (C=O) groups is 1. The van der Waals surface area contributed by atoms with E-state index < -0.39 is 30.5 Å². The van der Waals surface area contributed by atoms with Gasteiger partial charge < -0.3 is 16.4 Å². The highest BCUT2D eigenvalue weighted by Gasteiger charge is 2.42. The highest BCUT2D eigenvalue weighted by molar-refractivity contribution is 7.59. The van der Waals surface area contributed by atoms with Gasteiger partial charge in [-0.2, -0.15) is 18.5 Å². The molecule has 4 N–H and O–H groups in total. The number of anilines is 2. The van der Waals surface area contributed by atoms with Gasteiger partial charge in [0.05, 0.1) is 18.1 Å². The summed E-state index contributed by atoms with van der Waals surface area (Å²) < 4.78 is 26.8. The van der Waals surface area contributed by atoms with Crippen molar-refractivity contribution in [3.63, 3.8) is 0 Å². The Morgan fingerprint density at radius 1 is 1.40 bits per heavy atom. The molecule has 166 valence electrons. The second kappa shape index (κ2) is 9.82. The van der Waals surface area contributed by atoms with Crippen LogP contribution in [0.5, 0.6) is 0 Å². The minimum absolute atomic E-state index is 0. The zero-order chi connectivity index (χ0) is 21.1. The number of nitrogens with two attached hydrogens (primary N) is 1. The van der Waals surface area contributed by atoms with Crippen molar-refractivity contribution in [1.82, 2.24) is 20.3 Å². The van der Waals surface area contributed by atoms with Gasteiger partial charge in [0.2, 0.25) is 5.95 Å². The Bertz CT molecular complexity index is 883. The molecular formula is C20H30F2N6OS. The van der Waals surface area contributed by atoms with Crippen molar-refractivity contribution in [1.29, 1.82) is 0 Å². The summed E-state index contributed by atoms with van der Waals surface area (Å²) >= 11 is 0. The van der Waals surface area contributed by atoms with Crippen LogP contribution in [-0.4, -0.2) is 44.8 Å². The Hall–Kier alpha value is -2.07. The van der Waals surface area contributed by atoms with Gasteiger partial charge in [-0.1, -0.05) is 19.8 Å². The number of nitrogen functional groups attached to an aromatic ring is 1. The highest BCUT2D eigenvalue weighted by Crippen LogP contribution is 2.30. The van der Waals surface area contributed by atoms with E-state index >= 15 is 0 Å². The fourth-order valence-electron chi connectivity index (χ4n) is 3.69. The number of hydrogen-bond acceptors (Lipinski definition) is 7. The molecule has 10 heteroatoms. The Labute approximate surface area is 182 Å². The first-order chi connectivity index (χ1) is 13.7. The summed E-state index contributed by atoms with van der Waals surface area (Å²) in [4.78, 5) is 25.4. The molecule has 1 fully saturated rings. The predicted molar refractivity (Wildman–Crippen MR) is 119 cm³/mol. The maximum Gasteiger partial charge on any atom is 0.262 e. The molecule has 2 aromatic heterocycles. The van der Waals surface area contributed by atoms with Crippen molar-refractivity contribution >= 4 is 42.1 Å². The first-order valence-corrected chi connectivity index (χ1v) is 10.0. The predicted octanol–water partition coefficient (Wildman–Crippen LogP) is 3.43. The maximum atomic E-state index is 13.4. The van der Waals surface area contributed by atoms with Crippen LogP contribution in [0.1, 0.15) is 52.4 Å². The molecule has 0 saturated carbocycles. The van der Waals surface area contributed by atoms with E-state index in [2.05, 4.69) is 32.5 Å². The molecule has 0 aliphatic carbocycles. The monoisotopic (exact) mass is 440 g/mol. The summed E-state index contributed by atoms with van der Waals surface area (Å²) in [5, 5.41) is 6.06. The third kappa shape index (κ3) is 5.98. The van der Waals surface area contributed by atoms with Gasteiger partial charge in [-0.05, 0) is 31.9 Å². The van der Waals surface area contributed by atoms with Crippen molar-refractivity contribution in [3.05, 3.63) is 18.3 Å². The molecule has 1 aliphatic rings. The van der Waals surface area contributed by atoms with Gasteiger partial charge in [-0.3, -0.25) is 9.78 Å². The van der Waals surface area contributed by atoms with Crippen LogP contribution in [0.2, 0.25) is 0 Å². The molecule has 0 amide bonds. The molecule has 1 unspecified atom stereocenters. The number of nitrogens with zero attached hydrogens (tertiary/aromatic N) is 3. The number of ketones is 1. The zero-order valence-corrected chi connectivity index (χ0v) is 18.3. The van der Waals surface area contributed by atoms with Gasteiger partial charge in [0, 0.05) is 24.6 Å². The van der Waals surface area contributed by atoms with E-state index in [1.807, 2.05) is 13.0 Å². The van der Waals surface area contributed by atoms with Crippen LogP contribution >= 0.6 is 13.5 Å². The van der Waals surface area contributed by atoms with Crippen molar-refractivity contribution in [2.24, 2.45) is 0 Å². The topological polar surface area (TPSA) is 106 Å². The van der Waals surface area contributed by atoms with Crippen LogP contribution in [0.3, 0.4) is 0 Å². The lowest BCUT2D eigenvalue weighted by Gasteiger charge is -2.32. The van der Waals surface area contributed by atoms with Gasteiger partial charge in [-0.25, -0.2) is 13.8 Å². The Kier molecular flexibility index (Phi) is 7.93. The number of Topliss-reactive ketones (excluding diaryl/α,β-unsaturated/α-hetero) is 1. The summed E-state index contributed by atoms with van der Waals surface area (Å²) in [6, 6.07) is 2.81. The first kappa shape index (κ1) is 24.2. The Balaban J connectivity index is 0.00000320. The number of nitrogens with one attached hydrogen (secondary N) is 2. The number of alkyl halides is 2. The van der Waals surface area contributed by atoms with E-state index in [1.54, 1.807) is 12.3 Å². The molecule has 2 atom stereocenters. The summed E-state index contributed by atoms with van der Waals surface area (Å²) in [6.07, 6.45) is 4.66. The molecule has 0 radical (unpaired) electrons. The fourth-order valence-corrected chi connectivity index (χ4v) is 3.69. The molecule has 1 aliphatic heterocycles. The van der Waals surface area contributed by atoms with Crippen LogP contribution < -0.4 is 16.4 Å². The van der Waals surface area contributed by atoms with Crippen LogP contribution in [0.15, 0.2) is 18.3 Å². The Morgan fingerprint density at radius 2 is 2.17 bits per heavy atom. The second-order valence-electron chi connectivity index (χ2n) is 8.05. The van der Waals surface area contributed by atoms with E-state index in [0.717, 1.165) is 19.3 Å². The molecule has 3 heterocycles. The minimum atomic E-state index is -2.81. The van der Waals surface area contributed by atoms with Gasteiger partial charge in [0.25, 0.3) is 5.92 Å². The molecule has 7 nitrogen and oxygen atoms in total. The maximum absolute atomic E-state index is 13.4. The van der Waals surface area contributed by atoms with Crippen molar-refractivity contribution in [3.8, 4) is 0 Å². The highest BCUT2D eigenvalue weighted by atomic mass is 32.1. The molecule has 0 bridgehead atoms. The van der Waals surface area contributed by atoms with Crippen LogP contribution in [-0.2, 0) is 4.79 Å². The fraction of sp³-hybridized carbons (Fsp3) is 0.600. The number of halogens is 2. The van der Waals surface area contributed by atoms with Crippen LogP contribution in [0.4, 0.5) is 20.5 Å². The lowest BCUT2D eigenvalue weighted by Crippen LogP contribution is -2.38. The SMILES string of the molecule is CCCCC(C)(CCC(=O)[C@@H]1CC(F)(F)CN1)Nc1nc(N)nc2cccnc12.S. The number of carbonyl (C=O) groups excluding carboxylic acids is 1. The lowest BCUT2D eigenvalue weighted by atomic mass is 9.87. The summed E-state index contributed by atoms with van der Waals surface area (Å²) in [5.74, 6) is -2.34. The average molecular weight is 441 g/mol. The van der Waals surface area contributed by atoms with E-state index in [1.165, 1.54) is 0 Å². The standard InChI is InChI=1S/C20H28F2N6O.H2S/c1-3-4-8-19(2,9-7-15(29)14-11-20(21,22)12-25-14)28-17-16-13(6-5-10-24-16)26-18(23)27-17;/h5-6,10,14,25H,3-4,7-9,11-12H2,1-2H3,(H3,23,26,27,28);1H2/t14-,19?;/m0./s1. The van der Waals surface area contributed by atoms with Crippen molar-refractivity contribution in [2.45, 2.75) is 69.9 Å². The quantitative estimate of drug-likeness (QED) is 0.548. The molecular weight excluding hydrogens is 410 g/mol. The lowest BCUT2D eigenvalue weighted by molar-refractivity contribution is -0.121. The largest absolute Gasteiger partial charge is 0.368 e. The summed E-state index contributed by atoms with van der Waals surface area (Å²) in [6.45, 7) is 3.67. The second-order valence-corrected chi connectivity index (χ2v) is 8.05. The zero-order valence-electron chi connectivity index (χ0n) is 17.3. The molecule has 30 heavy (non-hydrogen) atoms. The number of pyridine rings is 1. The van der Waals surface area contributed by atoms with Crippen LogP contribution in [0, 0.1) is 0 Å². The van der Waals surface area contributed by atoms with E-state index in [0.29, 0.717) is 23.3 Å². The number of fused-ring (bicyclic) bond motifs is 1. The van der Waals surface area contributed by atoms with Gasteiger partial charge in [0.1, 0.15) is 11.3 Å². The van der Waals surface area contributed by atoms with E-state index in [-0.39, 0.29) is 31.6 Å². The van der Waals surface area contributed by atoms with Crippen LogP contribution in [0.25, 0.3) is 11.0 Å². The minimum Gasteiger partial charge on any atom is -0.368 e. The third-order valence-electron chi connectivity index (χ3n) is 5.40. The number of unbranched alkanes of at least 4 members (excludes halogenated alkanes) is 1. The van der Waals surface area contributed by atoms with Crippen molar-refractivity contribution < 1.29 is 13.6 Å². The molecule has 0 aromatic carbocycles. The molecule has 1 saturated heterocycles. The third-order valence-corrected chi connectivity index (χ3v) is 5.40. The Morgan fingerprint density at radius 3 is 2.83 bits per heavy atom. The van der Waals surface area contributed by atoms with Gasteiger partial charge in [-0.15, -0.1) is 0 Å². The van der Waals surface area contributed by atoms with Gasteiger partial charge in [0.15, 0.2) is 5.82 Å². The number of aromatic nitrogens is 3. The van der Waals surface area contributed by atoms with Gasteiger partial charge >= 0.3 is 0 Å². The molecule has 0 spiro atoms. The number of hydrogen-bond donors (Lipinski definition) is 3. The molecule has 3 rings (SSSR count). The van der Waals surface area contributed by atoms with Crippen molar-refractivity contribution in [2.75, 3.05) is 17.6 Å². The average Bonchev–Trinajstić information content (AvgIpc) is 3.04. The summed E-state index contributed by atoms with van der Waals surface area (Å²) in [7, 11) is 0. The smallest absolute Gasteiger partial charge is 0.262 e. The number of rotatable bonds is 9. The normalized spacial score (nSPS) is 19.8. The van der Waals surface area contributed by atoms with E-state index in [4.69, 9.17) is 5.73 Å².